The number of amides is 1. The van der Waals surface area contributed by atoms with Crippen molar-refractivity contribution < 1.29 is 9.53 Å². The molecule has 0 atom stereocenters. The summed E-state index contributed by atoms with van der Waals surface area (Å²) in [7, 11) is 0. The van der Waals surface area contributed by atoms with Crippen LogP contribution in [0.5, 0.6) is 5.75 Å². The first-order valence-electron chi connectivity index (χ1n) is 11.8. The van der Waals surface area contributed by atoms with Crippen LogP contribution in [0.2, 0.25) is 5.02 Å². The van der Waals surface area contributed by atoms with E-state index in [2.05, 4.69) is 34.1 Å². The molecule has 1 amide bonds. The third-order valence-corrected chi connectivity index (χ3v) is 6.24. The molecule has 35 heavy (non-hydrogen) atoms. The number of para-hydroxylation sites is 2. The van der Waals surface area contributed by atoms with E-state index in [1.54, 1.807) is 24.3 Å². The number of imidazole rings is 1. The molecule has 0 aliphatic heterocycles. The number of hydrogen-bond acceptors (Lipinski definition) is 3. The topological polar surface area (TPSA) is 56.2 Å². The predicted octanol–water partition coefficient (Wildman–Crippen LogP) is 6.28. The standard InChI is InChI=1S/C29H26ClN3O2/c30-23-11-5-10-22(20-23)29(34)31-17-7-16-28-32-25-13-3-4-14-26(25)33(28)18-19-35-27-15-6-9-21-8-1-2-12-24(21)27/h1-6,8-15,20H,7,16-19H2,(H,31,34). The maximum absolute atomic E-state index is 12.4. The molecule has 0 saturated carbocycles. The Morgan fingerprint density at radius 2 is 1.74 bits per heavy atom. The molecular formula is C29H26ClN3O2. The van der Waals surface area contributed by atoms with Crippen molar-refractivity contribution in [3.63, 3.8) is 0 Å². The van der Waals surface area contributed by atoms with Crippen LogP contribution < -0.4 is 10.1 Å². The maximum Gasteiger partial charge on any atom is 0.251 e. The van der Waals surface area contributed by atoms with Gasteiger partial charge in [0, 0.05) is 28.9 Å². The second-order valence-electron chi connectivity index (χ2n) is 8.36. The van der Waals surface area contributed by atoms with Gasteiger partial charge in [0.05, 0.1) is 17.6 Å². The number of nitrogens with zero attached hydrogens (tertiary/aromatic N) is 2. The van der Waals surface area contributed by atoms with Crippen LogP contribution in [0.1, 0.15) is 22.6 Å². The van der Waals surface area contributed by atoms with Crippen LogP contribution in [0.25, 0.3) is 21.8 Å². The summed E-state index contributed by atoms with van der Waals surface area (Å²) in [6, 6.07) is 29.5. The summed E-state index contributed by atoms with van der Waals surface area (Å²) in [5, 5.41) is 5.80. The van der Waals surface area contributed by atoms with Crippen LogP contribution in [0.4, 0.5) is 0 Å². The Morgan fingerprint density at radius 3 is 2.66 bits per heavy atom. The quantitative estimate of drug-likeness (QED) is 0.251. The Hall–Kier alpha value is -3.83. The summed E-state index contributed by atoms with van der Waals surface area (Å²) in [6.07, 6.45) is 1.53. The lowest BCUT2D eigenvalue weighted by atomic mass is 10.1. The Morgan fingerprint density at radius 1 is 0.943 bits per heavy atom. The summed E-state index contributed by atoms with van der Waals surface area (Å²) in [6.45, 7) is 1.78. The van der Waals surface area contributed by atoms with E-state index in [1.807, 2.05) is 42.5 Å². The number of hydrogen-bond donors (Lipinski definition) is 1. The Kier molecular flexibility index (Phi) is 6.96. The van der Waals surface area contributed by atoms with E-state index in [0.29, 0.717) is 30.3 Å². The number of halogens is 1. The molecule has 0 radical (unpaired) electrons. The minimum atomic E-state index is -0.121. The zero-order valence-corrected chi connectivity index (χ0v) is 20.0. The first kappa shape index (κ1) is 22.9. The fraction of sp³-hybridized carbons (Fsp3) is 0.172. The van der Waals surface area contributed by atoms with Gasteiger partial charge in [-0.05, 0) is 48.2 Å². The van der Waals surface area contributed by atoms with Gasteiger partial charge in [-0.15, -0.1) is 0 Å². The third kappa shape index (κ3) is 5.31. The lowest BCUT2D eigenvalue weighted by Gasteiger charge is -2.12. The van der Waals surface area contributed by atoms with Crippen LogP contribution >= 0.6 is 11.6 Å². The number of rotatable bonds is 9. The first-order chi connectivity index (χ1) is 17.2. The zero-order chi connectivity index (χ0) is 24.0. The van der Waals surface area contributed by atoms with Crippen LogP contribution in [-0.2, 0) is 13.0 Å². The minimum absolute atomic E-state index is 0.121. The molecular weight excluding hydrogens is 458 g/mol. The van der Waals surface area contributed by atoms with Crippen LogP contribution in [0.15, 0.2) is 91.0 Å². The minimum Gasteiger partial charge on any atom is -0.491 e. The van der Waals surface area contributed by atoms with Gasteiger partial charge in [0.25, 0.3) is 5.91 Å². The molecule has 0 spiro atoms. The van der Waals surface area contributed by atoms with Crippen LogP contribution in [0.3, 0.4) is 0 Å². The summed E-state index contributed by atoms with van der Waals surface area (Å²) in [4.78, 5) is 17.2. The lowest BCUT2D eigenvalue weighted by molar-refractivity contribution is 0.0953. The summed E-state index contributed by atoms with van der Waals surface area (Å²) >= 11 is 5.99. The molecule has 1 heterocycles. The molecule has 0 aliphatic rings. The smallest absolute Gasteiger partial charge is 0.251 e. The highest BCUT2D eigenvalue weighted by Crippen LogP contribution is 2.25. The first-order valence-corrected chi connectivity index (χ1v) is 12.2. The monoisotopic (exact) mass is 483 g/mol. The molecule has 0 aliphatic carbocycles. The van der Waals surface area contributed by atoms with Crippen LogP contribution in [0, 0.1) is 0 Å². The summed E-state index contributed by atoms with van der Waals surface area (Å²) < 4.78 is 8.42. The van der Waals surface area contributed by atoms with Gasteiger partial charge >= 0.3 is 0 Å². The highest BCUT2D eigenvalue weighted by atomic mass is 35.5. The van der Waals surface area contributed by atoms with Gasteiger partial charge in [0.1, 0.15) is 18.2 Å². The van der Waals surface area contributed by atoms with E-state index >= 15 is 0 Å². The van der Waals surface area contributed by atoms with Crippen molar-refractivity contribution in [3.05, 3.63) is 107 Å². The highest BCUT2D eigenvalue weighted by molar-refractivity contribution is 6.30. The molecule has 5 aromatic rings. The number of benzene rings is 4. The van der Waals surface area contributed by atoms with E-state index in [4.69, 9.17) is 21.3 Å². The lowest BCUT2D eigenvalue weighted by Crippen LogP contribution is -2.25. The number of fused-ring (bicyclic) bond motifs is 2. The van der Waals surface area contributed by atoms with Gasteiger partial charge in [-0.2, -0.15) is 0 Å². The van der Waals surface area contributed by atoms with Gasteiger partial charge in [-0.25, -0.2) is 4.98 Å². The second kappa shape index (κ2) is 10.6. The SMILES string of the molecule is O=C(NCCCc1nc2ccccc2n1CCOc1cccc2ccccc12)c1cccc(Cl)c1. The fourth-order valence-electron chi connectivity index (χ4n) is 4.31. The highest BCUT2D eigenvalue weighted by Gasteiger charge is 2.12. The Bertz CT molecular complexity index is 1470. The molecule has 0 unspecified atom stereocenters. The van der Waals surface area contributed by atoms with Crippen LogP contribution in [-0.4, -0.2) is 28.6 Å². The van der Waals surface area contributed by atoms with E-state index in [1.165, 1.54) is 5.39 Å². The average Bonchev–Trinajstić information content (AvgIpc) is 3.24. The van der Waals surface area contributed by atoms with Gasteiger partial charge in [-0.3, -0.25) is 4.79 Å². The Labute approximate surface area is 209 Å². The van der Waals surface area contributed by atoms with Crippen molar-refractivity contribution >= 4 is 39.3 Å². The van der Waals surface area contributed by atoms with E-state index in [-0.39, 0.29) is 5.91 Å². The molecule has 1 N–H and O–H groups in total. The number of nitrogens with one attached hydrogen (secondary N) is 1. The van der Waals surface area contributed by atoms with Crippen molar-refractivity contribution in [2.45, 2.75) is 19.4 Å². The molecule has 5 rings (SSSR count). The second-order valence-corrected chi connectivity index (χ2v) is 8.80. The molecule has 0 fully saturated rings. The number of carbonyl (C=O) groups is 1. The molecule has 0 saturated heterocycles. The number of ether oxygens (including phenoxy) is 1. The van der Waals surface area contributed by atoms with Gasteiger partial charge < -0.3 is 14.6 Å². The van der Waals surface area contributed by atoms with Crippen molar-refractivity contribution in [1.29, 1.82) is 0 Å². The van der Waals surface area contributed by atoms with E-state index < -0.39 is 0 Å². The molecule has 5 nitrogen and oxygen atoms in total. The van der Waals surface area contributed by atoms with Crippen molar-refractivity contribution in [3.8, 4) is 5.75 Å². The molecule has 176 valence electrons. The summed E-state index contributed by atoms with van der Waals surface area (Å²) in [5.74, 6) is 1.76. The van der Waals surface area contributed by atoms with Gasteiger partial charge in [0.2, 0.25) is 0 Å². The number of aromatic nitrogens is 2. The predicted molar refractivity (Wildman–Crippen MR) is 141 cm³/mol. The molecule has 1 aromatic heterocycles. The fourth-order valence-corrected chi connectivity index (χ4v) is 4.50. The molecule has 4 aromatic carbocycles. The molecule has 0 bridgehead atoms. The zero-order valence-electron chi connectivity index (χ0n) is 19.3. The number of carbonyl (C=O) groups excluding carboxylic acids is 1. The van der Waals surface area contributed by atoms with E-state index in [9.17, 15) is 4.79 Å². The largest absolute Gasteiger partial charge is 0.491 e. The third-order valence-electron chi connectivity index (χ3n) is 6.01. The van der Waals surface area contributed by atoms with Crippen molar-refractivity contribution in [2.75, 3.05) is 13.2 Å². The van der Waals surface area contributed by atoms with Gasteiger partial charge in [0.15, 0.2) is 0 Å². The normalized spacial score (nSPS) is 11.1. The van der Waals surface area contributed by atoms with Crippen molar-refractivity contribution in [2.24, 2.45) is 0 Å². The van der Waals surface area contributed by atoms with E-state index in [0.717, 1.165) is 40.8 Å². The maximum atomic E-state index is 12.4. The average molecular weight is 484 g/mol. The van der Waals surface area contributed by atoms with Gasteiger partial charge in [-0.1, -0.05) is 66.2 Å². The summed E-state index contributed by atoms with van der Waals surface area (Å²) in [5.41, 5.74) is 2.62. The Balaban J connectivity index is 1.24. The molecule has 6 heteroatoms. The number of aryl methyl sites for hydroxylation is 1. The van der Waals surface area contributed by atoms with Crippen molar-refractivity contribution in [1.82, 2.24) is 14.9 Å².